The Morgan fingerprint density at radius 1 is 1.38 bits per heavy atom. The molecule has 1 amide bonds. The van der Waals surface area contributed by atoms with Crippen LogP contribution in [0.1, 0.15) is 44.1 Å². The highest BCUT2D eigenvalue weighted by Gasteiger charge is 2.23. The van der Waals surface area contributed by atoms with Crippen molar-refractivity contribution in [2.24, 2.45) is 5.92 Å². The van der Waals surface area contributed by atoms with Gasteiger partial charge in [-0.3, -0.25) is 9.36 Å². The molecule has 0 spiro atoms. The van der Waals surface area contributed by atoms with E-state index in [9.17, 15) is 9.90 Å². The molecule has 130 valence electrons. The fourth-order valence-corrected chi connectivity index (χ4v) is 2.68. The third kappa shape index (κ3) is 4.79. The lowest BCUT2D eigenvalue weighted by molar-refractivity contribution is 0.0428. The minimum absolute atomic E-state index is 0.200. The summed E-state index contributed by atoms with van der Waals surface area (Å²) in [6, 6.07) is 9.47. The number of amides is 1. The Bertz CT molecular complexity index is 732. The summed E-state index contributed by atoms with van der Waals surface area (Å²) >= 11 is 5.28. The van der Waals surface area contributed by atoms with E-state index in [-0.39, 0.29) is 12.5 Å². The van der Waals surface area contributed by atoms with Crippen LogP contribution in [-0.2, 0) is 0 Å². The molecule has 1 heterocycles. The van der Waals surface area contributed by atoms with Gasteiger partial charge in [-0.15, -0.1) is 0 Å². The molecule has 3 N–H and O–H groups in total. The molecule has 2 rings (SSSR count). The summed E-state index contributed by atoms with van der Waals surface area (Å²) in [5, 5.41) is 13.2. The number of aromatic amines is 1. The van der Waals surface area contributed by atoms with Gasteiger partial charge in [0.1, 0.15) is 5.69 Å². The number of carbonyl (C=O) groups is 1. The summed E-state index contributed by atoms with van der Waals surface area (Å²) in [5.74, 6) is 0.246. The number of rotatable bonds is 7. The maximum absolute atomic E-state index is 12.5. The van der Waals surface area contributed by atoms with Gasteiger partial charge >= 0.3 is 0 Å². The topological polar surface area (TPSA) is 70.1 Å². The molecule has 1 aromatic carbocycles. The van der Waals surface area contributed by atoms with E-state index in [1.807, 2.05) is 30.3 Å². The standard InChI is InChI=1S/C18H25N3O2S/c1-13(2)9-10-18(3,23)12-20-16(22)15-11-19-17(24)21(15)14-7-5-4-6-8-14/h4-8,11,13,23H,9-10,12H2,1-3H3,(H,19,24)(H,20,22). The Morgan fingerprint density at radius 2 is 2.04 bits per heavy atom. The smallest absolute Gasteiger partial charge is 0.269 e. The first-order valence-electron chi connectivity index (χ1n) is 8.16. The van der Waals surface area contributed by atoms with Crippen LogP contribution in [0.3, 0.4) is 0 Å². The van der Waals surface area contributed by atoms with E-state index in [1.54, 1.807) is 17.7 Å². The van der Waals surface area contributed by atoms with Gasteiger partial charge in [0, 0.05) is 18.4 Å². The average molecular weight is 347 g/mol. The summed E-state index contributed by atoms with van der Waals surface area (Å²) in [5.41, 5.74) is 0.316. The molecule has 0 aliphatic rings. The van der Waals surface area contributed by atoms with Crippen LogP contribution in [0.25, 0.3) is 5.69 Å². The molecule has 0 fully saturated rings. The van der Waals surface area contributed by atoms with Crippen LogP contribution in [0, 0.1) is 10.7 Å². The van der Waals surface area contributed by atoms with Crippen molar-refractivity contribution in [1.29, 1.82) is 0 Å². The van der Waals surface area contributed by atoms with Crippen LogP contribution in [0.4, 0.5) is 0 Å². The van der Waals surface area contributed by atoms with Crippen molar-refractivity contribution < 1.29 is 9.90 Å². The summed E-state index contributed by atoms with van der Waals surface area (Å²) in [7, 11) is 0. The van der Waals surface area contributed by atoms with Crippen molar-refractivity contribution in [3.63, 3.8) is 0 Å². The van der Waals surface area contributed by atoms with Gasteiger partial charge in [-0.2, -0.15) is 0 Å². The van der Waals surface area contributed by atoms with Gasteiger partial charge in [-0.1, -0.05) is 32.0 Å². The fourth-order valence-electron chi connectivity index (χ4n) is 2.42. The lowest BCUT2D eigenvalue weighted by Crippen LogP contribution is -2.41. The van der Waals surface area contributed by atoms with E-state index in [0.29, 0.717) is 22.8 Å². The van der Waals surface area contributed by atoms with Crippen molar-refractivity contribution in [1.82, 2.24) is 14.9 Å². The zero-order chi connectivity index (χ0) is 17.7. The number of aliphatic hydroxyl groups is 1. The molecule has 0 aliphatic heterocycles. The number of carbonyl (C=O) groups excluding carboxylic acids is 1. The molecule has 0 radical (unpaired) electrons. The van der Waals surface area contributed by atoms with Crippen LogP contribution in [0.5, 0.6) is 0 Å². The number of nitrogens with one attached hydrogen (secondary N) is 2. The minimum atomic E-state index is -0.926. The monoisotopic (exact) mass is 347 g/mol. The number of nitrogens with zero attached hydrogens (tertiary/aromatic N) is 1. The van der Waals surface area contributed by atoms with Crippen LogP contribution < -0.4 is 5.32 Å². The number of hydrogen-bond acceptors (Lipinski definition) is 3. The first-order valence-corrected chi connectivity index (χ1v) is 8.57. The van der Waals surface area contributed by atoms with Gasteiger partial charge in [0.2, 0.25) is 0 Å². The number of benzene rings is 1. The molecule has 0 aliphatic carbocycles. The van der Waals surface area contributed by atoms with E-state index in [1.165, 1.54) is 0 Å². The summed E-state index contributed by atoms with van der Waals surface area (Å²) in [4.78, 5) is 15.4. The summed E-state index contributed by atoms with van der Waals surface area (Å²) < 4.78 is 2.14. The minimum Gasteiger partial charge on any atom is -0.388 e. The molecule has 2 aromatic rings. The average Bonchev–Trinajstić information content (AvgIpc) is 2.93. The largest absolute Gasteiger partial charge is 0.388 e. The molecular formula is C18H25N3O2S. The summed E-state index contributed by atoms with van der Waals surface area (Å²) in [6.45, 7) is 6.17. The normalized spacial score (nSPS) is 13.7. The number of H-pyrrole nitrogens is 1. The van der Waals surface area contributed by atoms with Crippen molar-refractivity contribution in [3.8, 4) is 5.69 Å². The van der Waals surface area contributed by atoms with Gasteiger partial charge in [0.05, 0.1) is 5.60 Å². The molecule has 6 heteroatoms. The second-order valence-corrected chi connectivity index (χ2v) is 7.15. The fraction of sp³-hybridized carbons (Fsp3) is 0.444. The van der Waals surface area contributed by atoms with E-state index in [4.69, 9.17) is 12.2 Å². The van der Waals surface area contributed by atoms with E-state index in [2.05, 4.69) is 24.1 Å². The molecule has 1 aromatic heterocycles. The number of hydrogen-bond donors (Lipinski definition) is 3. The van der Waals surface area contributed by atoms with Crippen molar-refractivity contribution in [2.75, 3.05) is 6.54 Å². The Hall–Kier alpha value is -1.92. The quantitative estimate of drug-likeness (QED) is 0.672. The van der Waals surface area contributed by atoms with Gasteiger partial charge in [-0.25, -0.2) is 0 Å². The highest BCUT2D eigenvalue weighted by atomic mass is 32.1. The highest BCUT2D eigenvalue weighted by Crippen LogP contribution is 2.16. The Balaban J connectivity index is 2.10. The van der Waals surface area contributed by atoms with Crippen molar-refractivity contribution in [2.45, 2.75) is 39.2 Å². The molecule has 1 unspecified atom stereocenters. The number of aromatic nitrogens is 2. The lowest BCUT2D eigenvalue weighted by atomic mass is 9.95. The van der Waals surface area contributed by atoms with Crippen LogP contribution >= 0.6 is 12.2 Å². The predicted octanol–water partition coefficient (Wildman–Crippen LogP) is 3.45. The van der Waals surface area contributed by atoms with Crippen molar-refractivity contribution >= 4 is 18.1 Å². The molecule has 5 nitrogen and oxygen atoms in total. The van der Waals surface area contributed by atoms with Gasteiger partial charge in [-0.05, 0) is 50.0 Å². The van der Waals surface area contributed by atoms with Gasteiger partial charge in [0.25, 0.3) is 5.91 Å². The molecule has 0 saturated heterocycles. The maximum atomic E-state index is 12.5. The van der Waals surface area contributed by atoms with Crippen LogP contribution in [-0.4, -0.2) is 32.7 Å². The van der Waals surface area contributed by atoms with Crippen LogP contribution in [0.15, 0.2) is 36.5 Å². The molecule has 1 atom stereocenters. The molecular weight excluding hydrogens is 322 g/mol. The highest BCUT2D eigenvalue weighted by molar-refractivity contribution is 7.71. The van der Waals surface area contributed by atoms with E-state index in [0.717, 1.165) is 12.1 Å². The third-order valence-electron chi connectivity index (χ3n) is 3.91. The van der Waals surface area contributed by atoms with Crippen molar-refractivity contribution in [3.05, 3.63) is 47.0 Å². The molecule has 0 saturated carbocycles. The number of para-hydroxylation sites is 1. The Morgan fingerprint density at radius 3 is 2.67 bits per heavy atom. The molecule has 0 bridgehead atoms. The zero-order valence-corrected chi connectivity index (χ0v) is 15.2. The second kappa shape index (κ2) is 7.77. The molecule has 24 heavy (non-hydrogen) atoms. The summed E-state index contributed by atoms with van der Waals surface area (Å²) in [6.07, 6.45) is 3.14. The van der Waals surface area contributed by atoms with Crippen LogP contribution in [0.2, 0.25) is 0 Å². The first kappa shape index (κ1) is 18.4. The van der Waals surface area contributed by atoms with Gasteiger partial charge < -0.3 is 15.4 Å². The Labute approximate surface area is 147 Å². The predicted molar refractivity (Wildman–Crippen MR) is 98.0 cm³/mol. The van der Waals surface area contributed by atoms with E-state index < -0.39 is 5.60 Å². The first-order chi connectivity index (χ1) is 11.3. The second-order valence-electron chi connectivity index (χ2n) is 6.76. The van der Waals surface area contributed by atoms with Gasteiger partial charge in [0.15, 0.2) is 4.77 Å². The number of imidazole rings is 1. The third-order valence-corrected chi connectivity index (χ3v) is 4.21. The zero-order valence-electron chi connectivity index (χ0n) is 14.4. The SMILES string of the molecule is CC(C)CCC(C)(O)CNC(=O)c1c[nH]c(=S)n1-c1ccccc1. The van der Waals surface area contributed by atoms with E-state index >= 15 is 0 Å². The lowest BCUT2D eigenvalue weighted by Gasteiger charge is -2.24. The Kier molecular flexibility index (Phi) is 5.96. The maximum Gasteiger partial charge on any atom is 0.269 e.